The van der Waals surface area contributed by atoms with Gasteiger partial charge in [-0.1, -0.05) is 11.2 Å². The van der Waals surface area contributed by atoms with Crippen molar-refractivity contribution >= 4 is 16.7 Å². The number of rotatable bonds is 6. The van der Waals surface area contributed by atoms with Gasteiger partial charge in [0, 0.05) is 30.0 Å². The van der Waals surface area contributed by atoms with Crippen LogP contribution in [-0.2, 0) is 9.47 Å². The number of hydrogen-bond acceptors (Lipinski definition) is 6. The molecule has 0 bridgehead atoms. The minimum Gasteiger partial charge on any atom is -0.481 e. The molecule has 0 amide bonds. The molecule has 1 aliphatic heterocycles. The number of anilines is 1. The maximum atomic E-state index is 14.2. The van der Waals surface area contributed by atoms with Gasteiger partial charge in [0.25, 0.3) is 0 Å². The Morgan fingerprint density at radius 3 is 2.56 bits per heavy atom. The molecule has 6 rings (SSSR count). The lowest BCUT2D eigenvalue weighted by molar-refractivity contribution is 0.0271. The first-order valence-electron chi connectivity index (χ1n) is 13.5. The molecule has 0 spiro atoms. The lowest BCUT2D eigenvalue weighted by Crippen LogP contribution is -2.35. The van der Waals surface area contributed by atoms with Crippen LogP contribution in [0.3, 0.4) is 0 Å². The molecule has 1 fully saturated rings. The molecular formula is C30H32F2N4O3. The van der Waals surface area contributed by atoms with Crippen LogP contribution < -0.4 is 4.90 Å². The second-order valence-electron chi connectivity index (χ2n) is 10.3. The van der Waals surface area contributed by atoms with E-state index in [-0.39, 0.29) is 24.9 Å². The van der Waals surface area contributed by atoms with Crippen molar-refractivity contribution in [1.82, 2.24) is 14.7 Å². The van der Waals surface area contributed by atoms with Gasteiger partial charge in [-0.3, -0.25) is 0 Å². The van der Waals surface area contributed by atoms with Crippen LogP contribution in [-0.4, -0.2) is 34.1 Å². The monoisotopic (exact) mass is 534 g/mol. The van der Waals surface area contributed by atoms with Gasteiger partial charge in [0.15, 0.2) is 18.4 Å². The van der Waals surface area contributed by atoms with Gasteiger partial charge in [0.05, 0.1) is 29.1 Å². The van der Waals surface area contributed by atoms with Gasteiger partial charge in [-0.2, -0.15) is 0 Å². The van der Waals surface area contributed by atoms with Gasteiger partial charge >= 0.3 is 0 Å². The summed E-state index contributed by atoms with van der Waals surface area (Å²) in [5, 5.41) is 4.12. The number of aromatic nitrogens is 3. The van der Waals surface area contributed by atoms with Gasteiger partial charge in [0.2, 0.25) is 0 Å². The van der Waals surface area contributed by atoms with Crippen LogP contribution >= 0.6 is 0 Å². The molecule has 3 heterocycles. The predicted octanol–water partition coefficient (Wildman–Crippen LogP) is 7.16. The Morgan fingerprint density at radius 1 is 1.03 bits per heavy atom. The van der Waals surface area contributed by atoms with E-state index in [2.05, 4.69) is 27.9 Å². The highest BCUT2D eigenvalue weighted by atomic mass is 19.2. The molecule has 204 valence electrons. The fourth-order valence-corrected chi connectivity index (χ4v) is 6.03. The molecule has 1 atom stereocenters. The average Bonchev–Trinajstić information content (AvgIpc) is 3.49. The summed E-state index contributed by atoms with van der Waals surface area (Å²) in [5.74, 6) is -0.177. The molecule has 2 aliphatic rings. The highest BCUT2D eigenvalue weighted by Gasteiger charge is 2.32. The quantitative estimate of drug-likeness (QED) is 0.262. The van der Waals surface area contributed by atoms with Gasteiger partial charge in [-0.25, -0.2) is 13.8 Å². The Balaban J connectivity index is 1.47. The van der Waals surface area contributed by atoms with E-state index in [1.807, 2.05) is 31.7 Å². The van der Waals surface area contributed by atoms with Crippen LogP contribution in [0, 0.1) is 25.5 Å². The third kappa shape index (κ3) is 4.69. The Labute approximate surface area is 226 Å². The summed E-state index contributed by atoms with van der Waals surface area (Å²) in [7, 11) is 0. The number of hydrogen-bond donors (Lipinski definition) is 0. The molecule has 4 aromatic rings. The first kappa shape index (κ1) is 25.6. The van der Waals surface area contributed by atoms with Crippen LogP contribution in [0.4, 0.5) is 14.5 Å². The number of aryl methyl sites for hydroxylation is 2. The molecule has 7 nitrogen and oxygen atoms in total. The number of fused-ring (bicyclic) bond motifs is 1. The van der Waals surface area contributed by atoms with Crippen LogP contribution in [0.25, 0.3) is 22.2 Å². The summed E-state index contributed by atoms with van der Waals surface area (Å²) >= 11 is 0. The molecule has 2 aromatic carbocycles. The van der Waals surface area contributed by atoms with E-state index in [4.69, 9.17) is 19.0 Å². The van der Waals surface area contributed by atoms with Crippen LogP contribution in [0.15, 0.2) is 53.3 Å². The Bertz CT molecular complexity index is 1500. The van der Waals surface area contributed by atoms with Crippen molar-refractivity contribution in [2.24, 2.45) is 0 Å². The summed E-state index contributed by atoms with van der Waals surface area (Å²) < 4.78 is 47.3. The molecule has 1 saturated carbocycles. The van der Waals surface area contributed by atoms with Crippen molar-refractivity contribution in [2.45, 2.75) is 64.6 Å². The molecule has 0 unspecified atom stereocenters. The van der Waals surface area contributed by atoms with Crippen molar-refractivity contribution in [2.75, 3.05) is 18.2 Å². The lowest BCUT2D eigenvalue weighted by Gasteiger charge is -2.36. The molecule has 1 aliphatic carbocycles. The molecule has 39 heavy (non-hydrogen) atoms. The molecule has 0 N–H and O–H groups in total. The highest BCUT2D eigenvalue weighted by Crippen LogP contribution is 2.40. The third-order valence-electron chi connectivity index (χ3n) is 7.86. The first-order chi connectivity index (χ1) is 18.9. The number of nitrogens with zero attached hydrogens (tertiary/aromatic N) is 4. The average molecular weight is 535 g/mol. The second-order valence-corrected chi connectivity index (χ2v) is 10.3. The van der Waals surface area contributed by atoms with Crippen LogP contribution in [0.2, 0.25) is 0 Å². The second kappa shape index (κ2) is 10.4. The van der Waals surface area contributed by atoms with Crippen molar-refractivity contribution < 1.29 is 22.8 Å². The Morgan fingerprint density at radius 2 is 1.85 bits per heavy atom. The number of halogens is 2. The number of imidazole rings is 1. The normalized spacial score (nSPS) is 21.5. The van der Waals surface area contributed by atoms with Crippen molar-refractivity contribution in [3.8, 4) is 11.1 Å². The van der Waals surface area contributed by atoms with Crippen LogP contribution in [0.5, 0.6) is 0 Å². The molecule has 0 radical (unpaired) electrons. The summed E-state index contributed by atoms with van der Waals surface area (Å²) in [4.78, 5) is 7.08. The molecule has 2 aromatic heterocycles. The van der Waals surface area contributed by atoms with E-state index >= 15 is 0 Å². The maximum absolute atomic E-state index is 14.2. The Hall–Kier alpha value is -3.72. The van der Waals surface area contributed by atoms with E-state index in [1.165, 1.54) is 6.07 Å². The third-order valence-corrected chi connectivity index (χ3v) is 7.86. The summed E-state index contributed by atoms with van der Waals surface area (Å²) in [6.07, 6.45) is 7.74. The van der Waals surface area contributed by atoms with E-state index < -0.39 is 11.6 Å². The zero-order valence-corrected chi connectivity index (χ0v) is 22.4. The lowest BCUT2D eigenvalue weighted by atomic mass is 9.92. The zero-order valence-electron chi connectivity index (χ0n) is 22.4. The van der Waals surface area contributed by atoms with Gasteiger partial charge < -0.3 is 23.5 Å². The maximum Gasteiger partial charge on any atom is 0.161 e. The summed E-state index contributed by atoms with van der Waals surface area (Å²) in [6.45, 7) is 6.79. The topological polar surface area (TPSA) is 65.6 Å². The van der Waals surface area contributed by atoms with E-state index in [0.29, 0.717) is 5.69 Å². The van der Waals surface area contributed by atoms with Gasteiger partial charge in [0.1, 0.15) is 17.6 Å². The molecule has 9 heteroatoms. The van der Waals surface area contributed by atoms with Crippen molar-refractivity contribution in [1.29, 1.82) is 0 Å². The van der Waals surface area contributed by atoms with Crippen molar-refractivity contribution in [3.05, 3.63) is 77.6 Å². The fraction of sp³-hybridized carbons (Fsp3) is 0.400. The largest absolute Gasteiger partial charge is 0.481 e. The molecular weight excluding hydrogens is 502 g/mol. The van der Waals surface area contributed by atoms with Gasteiger partial charge in [-0.05, 0) is 82.4 Å². The van der Waals surface area contributed by atoms with Crippen LogP contribution in [0.1, 0.15) is 62.0 Å². The minimum absolute atomic E-state index is 0.191. The number of benzene rings is 2. The Kier molecular flexibility index (Phi) is 6.85. The van der Waals surface area contributed by atoms with E-state index in [1.54, 1.807) is 12.3 Å². The van der Waals surface area contributed by atoms with Crippen molar-refractivity contribution in [3.63, 3.8) is 0 Å². The standard InChI is InChI=1S/C30H32F2N4O3/c1-4-38-23-9-6-21(7-10-23)36-27-12-5-20(29-18(2)34-39-19(29)3)15-26(27)33-30(36)28-13-14-37-17-35(28)22-8-11-24(31)25(32)16-22/h5,8,11-16,21,23,28H,4,6-7,9-10,17H2,1-3H3/t21?,23?,28-/m0/s1. The highest BCUT2D eigenvalue weighted by molar-refractivity contribution is 5.84. The summed E-state index contributed by atoms with van der Waals surface area (Å²) in [6, 6.07) is 10.1. The first-order valence-corrected chi connectivity index (χ1v) is 13.5. The van der Waals surface area contributed by atoms with E-state index in [0.717, 1.165) is 77.8 Å². The SMILES string of the molecule is CCOC1CCC(n2c([C@@H]3C=COCN3c3ccc(F)c(F)c3)nc3cc(-c4c(C)noc4C)ccc32)CC1. The zero-order chi connectivity index (χ0) is 27.1. The van der Waals surface area contributed by atoms with Gasteiger partial charge in [-0.15, -0.1) is 0 Å². The summed E-state index contributed by atoms with van der Waals surface area (Å²) in [5.41, 5.74) is 5.22. The molecule has 0 saturated heterocycles. The minimum atomic E-state index is -0.896. The number of ether oxygens (including phenoxy) is 2. The smallest absolute Gasteiger partial charge is 0.161 e. The fourth-order valence-electron chi connectivity index (χ4n) is 6.03. The van der Waals surface area contributed by atoms with E-state index in [9.17, 15) is 8.78 Å². The predicted molar refractivity (Wildman–Crippen MR) is 144 cm³/mol.